The summed E-state index contributed by atoms with van der Waals surface area (Å²) < 4.78 is 0. The Morgan fingerprint density at radius 3 is 2.38 bits per heavy atom. The van der Waals surface area contributed by atoms with Gasteiger partial charge in [-0.25, -0.2) is 14.8 Å². The molecule has 0 saturated carbocycles. The van der Waals surface area contributed by atoms with Gasteiger partial charge in [0, 0.05) is 44.7 Å². The van der Waals surface area contributed by atoms with Crippen molar-refractivity contribution < 1.29 is 19.5 Å². The van der Waals surface area contributed by atoms with E-state index in [1.54, 1.807) is 4.90 Å². The number of nitrogens with zero attached hydrogens (tertiary/aromatic N) is 5. The van der Waals surface area contributed by atoms with Gasteiger partial charge in [0.05, 0.1) is 6.61 Å². The monoisotopic (exact) mass is 619 g/mol. The number of nitrogens with two attached hydrogens (primary N) is 1. The molecule has 4 rings (SSSR count). The van der Waals surface area contributed by atoms with Gasteiger partial charge >= 0.3 is 6.03 Å². The van der Waals surface area contributed by atoms with Crippen LogP contribution in [-0.4, -0.2) is 99.6 Å². The summed E-state index contributed by atoms with van der Waals surface area (Å²) in [5, 5.41) is 16.8. The first-order valence-corrected chi connectivity index (χ1v) is 16.3. The van der Waals surface area contributed by atoms with Crippen LogP contribution in [0.3, 0.4) is 0 Å². The first kappa shape index (κ1) is 34.1. The molecule has 11 nitrogen and oxygen atoms in total. The summed E-state index contributed by atoms with van der Waals surface area (Å²) in [6.45, 7) is 8.02. The normalized spacial score (nSPS) is 19.7. The molecule has 244 valence electrons. The molecule has 0 aromatic heterocycles. The zero-order valence-corrected chi connectivity index (χ0v) is 27.0. The predicted molar refractivity (Wildman–Crippen MR) is 176 cm³/mol. The van der Waals surface area contributed by atoms with E-state index in [9.17, 15) is 19.5 Å². The lowest BCUT2D eigenvalue weighted by Crippen LogP contribution is -2.74. The molecule has 2 unspecified atom stereocenters. The summed E-state index contributed by atoms with van der Waals surface area (Å²) in [6.07, 6.45) is 4.14. The summed E-state index contributed by atoms with van der Waals surface area (Å²) in [5.74, 6) is 0.415. The Hall–Kier alpha value is -3.80. The van der Waals surface area contributed by atoms with Crippen LogP contribution in [0.15, 0.2) is 59.6 Å². The fourth-order valence-electron chi connectivity index (χ4n) is 6.33. The van der Waals surface area contributed by atoms with Gasteiger partial charge in [0.1, 0.15) is 5.84 Å². The van der Waals surface area contributed by atoms with Crippen molar-refractivity contribution in [3.63, 3.8) is 0 Å². The minimum atomic E-state index is -1.09. The standard InChI is InChI=1S/C34H49N7O4/c1-4-21-39-32(44)31-34(5-2,37-29(25-27-12-8-7-9-13-27)41(31)38(6-3)23-24-42)40(33(39)45)22-19-26-15-17-28(18-16-26)36-30(43)14-10-11-20-35/h7-9,12-13,15-18,31,42H,4-6,10-11,14,19-25,35H2,1-3H3,(H,36,43). The number of unbranched alkanes of at least 4 members (excludes halogenated alkanes) is 1. The van der Waals surface area contributed by atoms with Crippen LogP contribution in [0.25, 0.3) is 0 Å². The van der Waals surface area contributed by atoms with Crippen LogP contribution < -0.4 is 11.1 Å². The number of carbonyl (C=O) groups is 3. The van der Waals surface area contributed by atoms with Gasteiger partial charge in [-0.2, -0.15) is 0 Å². The highest BCUT2D eigenvalue weighted by Crippen LogP contribution is 2.42. The number of nitrogens with one attached hydrogen (secondary N) is 1. The minimum Gasteiger partial charge on any atom is -0.395 e. The van der Waals surface area contributed by atoms with Gasteiger partial charge in [-0.1, -0.05) is 63.2 Å². The van der Waals surface area contributed by atoms with Crippen molar-refractivity contribution in [2.45, 2.75) is 77.4 Å². The molecule has 4 amide bonds. The third-order valence-electron chi connectivity index (χ3n) is 8.62. The second-order valence-electron chi connectivity index (χ2n) is 11.6. The number of benzene rings is 2. The molecule has 2 aliphatic rings. The number of urea groups is 1. The number of hydrogen-bond acceptors (Lipinski definition) is 8. The van der Waals surface area contributed by atoms with E-state index >= 15 is 0 Å². The molecular formula is C34H49N7O4. The summed E-state index contributed by atoms with van der Waals surface area (Å²) >= 11 is 0. The molecule has 2 aromatic carbocycles. The molecule has 2 aliphatic heterocycles. The number of fused-ring (bicyclic) bond motifs is 1. The van der Waals surface area contributed by atoms with Crippen molar-refractivity contribution in [1.82, 2.24) is 19.8 Å². The lowest BCUT2D eigenvalue weighted by molar-refractivity contribution is -0.151. The van der Waals surface area contributed by atoms with Gasteiger partial charge in [0.15, 0.2) is 11.7 Å². The number of amides is 4. The van der Waals surface area contributed by atoms with Gasteiger partial charge < -0.3 is 16.2 Å². The number of rotatable bonds is 17. The molecule has 2 aromatic rings. The minimum absolute atomic E-state index is 0.0380. The first-order chi connectivity index (χ1) is 21.8. The lowest BCUT2D eigenvalue weighted by Gasteiger charge is -2.51. The van der Waals surface area contributed by atoms with E-state index in [-0.39, 0.29) is 24.5 Å². The number of imide groups is 1. The molecule has 1 fully saturated rings. The first-order valence-electron chi connectivity index (χ1n) is 16.3. The third kappa shape index (κ3) is 7.54. The van der Waals surface area contributed by atoms with Crippen molar-refractivity contribution in [1.29, 1.82) is 0 Å². The van der Waals surface area contributed by atoms with E-state index in [1.807, 2.05) is 85.4 Å². The van der Waals surface area contributed by atoms with Crippen molar-refractivity contribution in [3.05, 3.63) is 65.7 Å². The number of likely N-dealkylation sites (N-methyl/N-ethyl adjacent to an activating group) is 1. The molecule has 0 spiro atoms. The van der Waals surface area contributed by atoms with Crippen LogP contribution in [0.4, 0.5) is 10.5 Å². The molecule has 2 atom stereocenters. The van der Waals surface area contributed by atoms with Gasteiger partial charge in [0.25, 0.3) is 5.91 Å². The van der Waals surface area contributed by atoms with Crippen LogP contribution >= 0.6 is 0 Å². The molecule has 4 N–H and O–H groups in total. The molecule has 45 heavy (non-hydrogen) atoms. The van der Waals surface area contributed by atoms with Gasteiger partial charge in [-0.3, -0.25) is 24.4 Å². The zero-order chi connectivity index (χ0) is 32.4. The second kappa shape index (κ2) is 16.0. The summed E-state index contributed by atoms with van der Waals surface area (Å²) in [4.78, 5) is 49.1. The molecule has 11 heteroatoms. The molecule has 0 aliphatic carbocycles. The smallest absolute Gasteiger partial charge is 0.328 e. The molecule has 2 heterocycles. The van der Waals surface area contributed by atoms with Crippen molar-refractivity contribution in [2.24, 2.45) is 10.7 Å². The topological polar surface area (TPSA) is 135 Å². The Balaban J connectivity index is 1.65. The van der Waals surface area contributed by atoms with E-state index in [1.165, 1.54) is 4.90 Å². The predicted octanol–water partition coefficient (Wildman–Crippen LogP) is 3.63. The Bertz CT molecular complexity index is 1320. The Morgan fingerprint density at radius 1 is 1.02 bits per heavy atom. The zero-order valence-electron chi connectivity index (χ0n) is 27.0. The molecule has 1 saturated heterocycles. The fraction of sp³-hybridized carbons (Fsp3) is 0.529. The highest BCUT2D eigenvalue weighted by Gasteiger charge is 2.62. The fourth-order valence-corrected chi connectivity index (χ4v) is 6.33. The van der Waals surface area contributed by atoms with Gasteiger partial charge in [-0.05, 0) is 61.9 Å². The number of carbonyl (C=O) groups excluding carboxylic acids is 3. The SMILES string of the molecule is CCCN1C(=O)C2N(N(CC)CCO)C(Cc3ccccc3)=NC2(CC)N(CCc2ccc(NC(=O)CCCCN)cc2)C1=O. The van der Waals surface area contributed by atoms with Gasteiger partial charge in [0.2, 0.25) is 5.91 Å². The van der Waals surface area contributed by atoms with Crippen LogP contribution in [-0.2, 0) is 22.4 Å². The maximum atomic E-state index is 14.3. The Kier molecular flexibility index (Phi) is 12.1. The molecule has 0 bridgehead atoms. The average Bonchev–Trinajstić information content (AvgIpc) is 3.37. The van der Waals surface area contributed by atoms with E-state index in [4.69, 9.17) is 10.7 Å². The molecule has 0 radical (unpaired) electrons. The maximum absolute atomic E-state index is 14.3. The third-order valence-corrected chi connectivity index (χ3v) is 8.62. The highest BCUT2D eigenvalue weighted by atomic mass is 16.3. The number of aliphatic imine (C=N–C) groups is 1. The number of aliphatic hydroxyl groups excluding tert-OH is 1. The van der Waals surface area contributed by atoms with E-state index in [0.717, 1.165) is 29.7 Å². The summed E-state index contributed by atoms with van der Waals surface area (Å²) in [5.41, 5.74) is 7.21. The van der Waals surface area contributed by atoms with E-state index in [2.05, 4.69) is 5.32 Å². The van der Waals surface area contributed by atoms with Crippen LogP contribution in [0.1, 0.15) is 64.0 Å². The van der Waals surface area contributed by atoms with Gasteiger partial charge in [-0.15, -0.1) is 0 Å². The summed E-state index contributed by atoms with van der Waals surface area (Å²) in [6, 6.07) is 16.6. The van der Waals surface area contributed by atoms with Crippen LogP contribution in [0.2, 0.25) is 0 Å². The number of hydrogen-bond donors (Lipinski definition) is 3. The van der Waals surface area contributed by atoms with Crippen LogP contribution in [0.5, 0.6) is 0 Å². The van der Waals surface area contributed by atoms with E-state index in [0.29, 0.717) is 70.7 Å². The highest BCUT2D eigenvalue weighted by molar-refractivity contribution is 6.05. The Labute approximate surface area is 267 Å². The largest absolute Gasteiger partial charge is 0.395 e. The second-order valence-corrected chi connectivity index (χ2v) is 11.6. The molecular weight excluding hydrogens is 570 g/mol. The average molecular weight is 620 g/mol. The quantitative estimate of drug-likeness (QED) is 0.230. The van der Waals surface area contributed by atoms with Crippen LogP contribution in [0, 0.1) is 0 Å². The number of aliphatic hydroxyl groups is 1. The Morgan fingerprint density at radius 2 is 1.76 bits per heavy atom. The maximum Gasteiger partial charge on any atom is 0.328 e. The number of anilines is 1. The van der Waals surface area contributed by atoms with Crippen molar-refractivity contribution >= 4 is 29.4 Å². The number of hydrazine groups is 1. The summed E-state index contributed by atoms with van der Waals surface area (Å²) in [7, 11) is 0. The van der Waals surface area contributed by atoms with Crippen molar-refractivity contribution in [3.8, 4) is 0 Å². The van der Waals surface area contributed by atoms with E-state index < -0.39 is 11.7 Å². The van der Waals surface area contributed by atoms with Crippen molar-refractivity contribution in [2.75, 3.05) is 44.6 Å². The number of amidine groups is 1. The lowest BCUT2D eigenvalue weighted by atomic mass is 9.91.